The highest BCUT2D eigenvalue weighted by atomic mass is 32.2. The lowest BCUT2D eigenvalue weighted by atomic mass is 10.0. The summed E-state index contributed by atoms with van der Waals surface area (Å²) in [7, 11) is -2.57. The molecule has 0 spiro atoms. The van der Waals surface area contributed by atoms with Crippen molar-refractivity contribution in [2.24, 2.45) is 16.8 Å². The van der Waals surface area contributed by atoms with Crippen molar-refractivity contribution in [2.45, 2.75) is 62.0 Å². The second-order valence-corrected chi connectivity index (χ2v) is 13.8. The van der Waals surface area contributed by atoms with Gasteiger partial charge in [0.1, 0.15) is 12.0 Å². The molecule has 12 nitrogen and oxygen atoms in total. The van der Waals surface area contributed by atoms with Crippen LogP contribution in [0.5, 0.6) is 0 Å². The Labute approximate surface area is 257 Å². The fourth-order valence-electron chi connectivity index (χ4n) is 5.91. The van der Waals surface area contributed by atoms with E-state index in [0.717, 1.165) is 12.0 Å². The second kappa shape index (κ2) is 13.7. The van der Waals surface area contributed by atoms with Gasteiger partial charge in [0.05, 0.1) is 36.2 Å². The van der Waals surface area contributed by atoms with Crippen molar-refractivity contribution >= 4 is 33.9 Å². The van der Waals surface area contributed by atoms with Gasteiger partial charge in [-0.2, -0.15) is 4.31 Å². The molecule has 5 rings (SSSR count). The number of aliphatic hydroxyl groups is 1. The number of benzene rings is 2. The maximum Gasteiger partial charge on any atom is 0.407 e. The van der Waals surface area contributed by atoms with Crippen molar-refractivity contribution in [2.75, 3.05) is 38.7 Å². The number of nitrogens with one attached hydrogen (secondary N) is 2. The van der Waals surface area contributed by atoms with Gasteiger partial charge in [0.25, 0.3) is 0 Å². The molecule has 0 radical (unpaired) electrons. The maximum atomic E-state index is 14.0. The number of fused-ring (bicyclic) bond motifs is 2. The van der Waals surface area contributed by atoms with Gasteiger partial charge in [0.15, 0.2) is 6.29 Å². The summed E-state index contributed by atoms with van der Waals surface area (Å²) in [6.07, 6.45) is -0.416. The van der Waals surface area contributed by atoms with Crippen LogP contribution in [0.2, 0.25) is 0 Å². The Kier molecular flexibility index (Phi) is 10.0. The number of sulfonamides is 1. The predicted molar refractivity (Wildman–Crippen MR) is 163 cm³/mol. The SMILES string of the molecule is CN=CC1C(=O)Nc2ccc(S(=O)(=O)N(CC(C)C)CC(O)C(Cc3ccccc3)NC(=O)OC3COC4OCCC34)cc21. The molecule has 3 heterocycles. The molecule has 3 aliphatic rings. The van der Waals surface area contributed by atoms with Gasteiger partial charge in [-0.3, -0.25) is 9.79 Å². The molecule has 3 aliphatic heterocycles. The van der Waals surface area contributed by atoms with Crippen molar-refractivity contribution in [1.82, 2.24) is 9.62 Å². The zero-order valence-electron chi connectivity index (χ0n) is 25.1. The molecule has 0 saturated carbocycles. The molecule has 6 atom stereocenters. The van der Waals surface area contributed by atoms with Gasteiger partial charge in [0.2, 0.25) is 15.9 Å². The third-order valence-corrected chi connectivity index (χ3v) is 9.93. The highest BCUT2D eigenvalue weighted by Crippen LogP contribution is 2.35. The number of carbonyl (C=O) groups excluding carboxylic acids is 2. The molecule has 2 aromatic rings. The van der Waals surface area contributed by atoms with Gasteiger partial charge in [0, 0.05) is 32.0 Å². The van der Waals surface area contributed by atoms with E-state index in [4.69, 9.17) is 14.2 Å². The Hall–Kier alpha value is -3.36. The normalized spacial score (nSPS) is 24.4. The Morgan fingerprint density at radius 1 is 1.20 bits per heavy atom. The minimum atomic E-state index is -4.12. The number of hydrogen-bond acceptors (Lipinski definition) is 9. The Morgan fingerprint density at radius 2 is 1.98 bits per heavy atom. The minimum absolute atomic E-state index is 0.00310. The number of amides is 2. The Balaban J connectivity index is 1.36. The molecule has 2 amide bonds. The number of rotatable bonds is 12. The summed E-state index contributed by atoms with van der Waals surface area (Å²) in [6, 6.07) is 12.9. The van der Waals surface area contributed by atoms with Crippen molar-refractivity contribution in [3.05, 3.63) is 59.7 Å². The first-order chi connectivity index (χ1) is 21.1. The van der Waals surface area contributed by atoms with E-state index in [1.165, 1.54) is 22.7 Å². The lowest BCUT2D eigenvalue weighted by Crippen LogP contribution is -2.51. The average Bonchev–Trinajstić information content (AvgIpc) is 3.68. The largest absolute Gasteiger partial charge is 0.443 e. The number of nitrogens with zero attached hydrogens (tertiary/aromatic N) is 2. The summed E-state index contributed by atoms with van der Waals surface area (Å²) in [6.45, 7) is 4.37. The van der Waals surface area contributed by atoms with Gasteiger partial charge in [-0.05, 0) is 48.1 Å². The fourth-order valence-corrected chi connectivity index (χ4v) is 7.56. The number of aliphatic hydroxyl groups excluding tert-OH is 1. The summed E-state index contributed by atoms with van der Waals surface area (Å²) < 4.78 is 46.1. The van der Waals surface area contributed by atoms with Crippen LogP contribution in [0.3, 0.4) is 0 Å². The van der Waals surface area contributed by atoms with E-state index in [9.17, 15) is 23.1 Å². The standard InChI is InChI=1S/C31H40N4O8S/c1-19(2)16-35(44(39,40)21-9-10-25-23(14-21)24(15-32-3)29(37)33-25)17-27(36)26(13-20-7-5-4-6-8-20)34-31(38)43-28-18-42-30-22(28)11-12-41-30/h4-10,14-15,19,22,24,26-28,30,36H,11-13,16-18H2,1-3H3,(H,33,37)(H,34,38). The molecule has 2 aromatic carbocycles. The fraction of sp³-hybridized carbons (Fsp3) is 0.516. The zero-order valence-corrected chi connectivity index (χ0v) is 25.9. The Bertz CT molecular complexity index is 1470. The number of aliphatic imine (C=N–C) groups is 1. The van der Waals surface area contributed by atoms with E-state index in [1.54, 1.807) is 13.1 Å². The maximum absolute atomic E-state index is 14.0. The molecule has 6 unspecified atom stereocenters. The molecular formula is C31H40N4O8S. The van der Waals surface area contributed by atoms with Gasteiger partial charge in [-0.1, -0.05) is 44.2 Å². The van der Waals surface area contributed by atoms with Crippen molar-refractivity contribution in [1.29, 1.82) is 0 Å². The van der Waals surface area contributed by atoms with Gasteiger partial charge >= 0.3 is 6.09 Å². The van der Waals surface area contributed by atoms with Crippen LogP contribution in [0.1, 0.15) is 37.3 Å². The molecule has 2 saturated heterocycles. The van der Waals surface area contributed by atoms with Gasteiger partial charge < -0.3 is 30.0 Å². The number of anilines is 1. The molecule has 2 fully saturated rings. The molecule has 3 N–H and O–H groups in total. The van der Waals surface area contributed by atoms with Gasteiger partial charge in [-0.25, -0.2) is 13.2 Å². The monoisotopic (exact) mass is 628 g/mol. The quantitative estimate of drug-likeness (QED) is 0.303. The van der Waals surface area contributed by atoms with E-state index < -0.39 is 40.3 Å². The van der Waals surface area contributed by atoms with Crippen LogP contribution in [0, 0.1) is 11.8 Å². The summed E-state index contributed by atoms with van der Waals surface area (Å²) in [4.78, 5) is 29.5. The third kappa shape index (κ3) is 7.13. The second-order valence-electron chi connectivity index (χ2n) is 11.8. The van der Waals surface area contributed by atoms with Crippen LogP contribution in [0.15, 0.2) is 58.4 Å². The summed E-state index contributed by atoms with van der Waals surface area (Å²) in [5.74, 6) is -1.09. The topological polar surface area (TPSA) is 156 Å². The highest BCUT2D eigenvalue weighted by molar-refractivity contribution is 7.89. The Morgan fingerprint density at radius 3 is 2.70 bits per heavy atom. The van der Waals surface area contributed by atoms with Crippen LogP contribution in [0.25, 0.3) is 0 Å². The minimum Gasteiger partial charge on any atom is -0.443 e. The van der Waals surface area contributed by atoms with E-state index in [-0.39, 0.29) is 55.0 Å². The van der Waals surface area contributed by atoms with Crippen molar-refractivity contribution < 1.29 is 37.3 Å². The van der Waals surface area contributed by atoms with Crippen LogP contribution in [-0.2, 0) is 35.4 Å². The molecule has 0 bridgehead atoms. The van der Waals surface area contributed by atoms with E-state index in [1.807, 2.05) is 44.2 Å². The van der Waals surface area contributed by atoms with Crippen LogP contribution < -0.4 is 10.6 Å². The highest BCUT2D eigenvalue weighted by Gasteiger charge is 2.44. The number of carbonyl (C=O) groups is 2. The average molecular weight is 629 g/mol. The lowest BCUT2D eigenvalue weighted by molar-refractivity contribution is -0.115. The summed E-state index contributed by atoms with van der Waals surface area (Å²) in [5.41, 5.74) is 1.90. The molecular weight excluding hydrogens is 588 g/mol. The van der Waals surface area contributed by atoms with Crippen molar-refractivity contribution in [3.63, 3.8) is 0 Å². The third-order valence-electron chi connectivity index (χ3n) is 8.10. The predicted octanol–water partition coefficient (Wildman–Crippen LogP) is 2.53. The number of hydrogen-bond donors (Lipinski definition) is 3. The number of alkyl carbamates (subject to hydrolysis) is 1. The first-order valence-electron chi connectivity index (χ1n) is 14.9. The zero-order chi connectivity index (χ0) is 31.4. The van der Waals surface area contributed by atoms with E-state index >= 15 is 0 Å². The van der Waals surface area contributed by atoms with Gasteiger partial charge in [-0.15, -0.1) is 0 Å². The molecule has 44 heavy (non-hydrogen) atoms. The van der Waals surface area contributed by atoms with E-state index in [0.29, 0.717) is 17.9 Å². The lowest BCUT2D eigenvalue weighted by Gasteiger charge is -2.31. The summed E-state index contributed by atoms with van der Waals surface area (Å²) in [5, 5.41) is 17.1. The summed E-state index contributed by atoms with van der Waals surface area (Å²) >= 11 is 0. The molecule has 0 aromatic heterocycles. The van der Waals surface area contributed by atoms with Crippen LogP contribution >= 0.6 is 0 Å². The smallest absolute Gasteiger partial charge is 0.407 e. The molecule has 13 heteroatoms. The number of ether oxygens (including phenoxy) is 3. The van der Waals surface area contributed by atoms with E-state index in [2.05, 4.69) is 15.6 Å². The first kappa shape index (κ1) is 32.0. The molecule has 0 aliphatic carbocycles. The van der Waals surface area contributed by atoms with Crippen molar-refractivity contribution in [3.8, 4) is 0 Å². The first-order valence-corrected chi connectivity index (χ1v) is 16.3. The van der Waals surface area contributed by atoms with Crippen LogP contribution in [-0.4, -0.2) is 93.9 Å². The van der Waals surface area contributed by atoms with Crippen LogP contribution in [0.4, 0.5) is 10.5 Å². The molecule has 238 valence electrons.